The average Bonchev–Trinajstić information content (AvgIpc) is 3.25. The van der Waals surface area contributed by atoms with E-state index in [1.165, 1.54) is 160 Å². The molecule has 2 aliphatic rings. The Hall–Kier alpha value is -3.48. The molecule has 0 unspecified atom stereocenters. The normalized spacial score (nSPS) is 15.1. The predicted molar refractivity (Wildman–Crippen MR) is 256 cm³/mol. The number of carbonyl (C=O) groups is 2. The lowest BCUT2D eigenvalue weighted by atomic mass is 9.79. The second kappa shape index (κ2) is 32.2. The van der Waals surface area contributed by atoms with Gasteiger partial charge in [-0.3, -0.25) is 9.59 Å². The van der Waals surface area contributed by atoms with Gasteiger partial charge in [-0.2, -0.15) is 0 Å². The van der Waals surface area contributed by atoms with Gasteiger partial charge in [0.05, 0.1) is 31.0 Å². The fourth-order valence-electron chi connectivity index (χ4n) is 8.30. The number of ketones is 2. The van der Waals surface area contributed by atoms with Crippen molar-refractivity contribution in [3.8, 4) is 17.2 Å². The van der Waals surface area contributed by atoms with Crippen LogP contribution in [0.4, 0.5) is 0 Å². The quantitative estimate of drug-likeness (QED) is 0.0524. The van der Waals surface area contributed by atoms with Gasteiger partial charge in [-0.25, -0.2) is 0 Å². The molecule has 0 atom stereocenters. The van der Waals surface area contributed by atoms with Gasteiger partial charge in [-0.05, 0) is 49.1 Å². The molecular weight excluding hydrogens is 759 g/mol. The number of ether oxygens (including phenoxy) is 3. The van der Waals surface area contributed by atoms with E-state index in [0.29, 0.717) is 42.6 Å². The summed E-state index contributed by atoms with van der Waals surface area (Å²) in [7, 11) is 3.73. The van der Waals surface area contributed by atoms with Crippen molar-refractivity contribution in [1.29, 1.82) is 0 Å². The van der Waals surface area contributed by atoms with Crippen LogP contribution in [-0.2, 0) is 9.59 Å². The van der Waals surface area contributed by atoms with Crippen LogP contribution in [0.15, 0.2) is 53.0 Å². The molecular formula is C54H87NO6. The van der Waals surface area contributed by atoms with Crippen molar-refractivity contribution in [3.63, 3.8) is 0 Å². The standard InChI is InChI=1S/C54H87NO6/c1-6-9-12-15-18-21-24-27-30-33-38-59-48-41-44(50-52(57)51(53(50)58)46-37-36-45(55(4)5)43-47(46)56)42-49(60-39-34-31-28-25-22-19-16-13-10-7-2)54(48)61-40-35-32-29-26-23-20-17-14-11-8-3/h36-37,41-43,57H,6-35,38-40H2,1-5H3/b51-46-. The summed E-state index contributed by atoms with van der Waals surface area (Å²) >= 11 is 0. The van der Waals surface area contributed by atoms with Crippen LogP contribution in [-0.4, -0.2) is 55.5 Å². The minimum Gasteiger partial charge on any atom is -0.506 e. The summed E-state index contributed by atoms with van der Waals surface area (Å²) < 4.78 is 19.6. The number of hydrogen-bond acceptors (Lipinski definition) is 7. The van der Waals surface area contributed by atoms with Crippen LogP contribution in [0.3, 0.4) is 0 Å². The molecule has 0 spiro atoms. The highest BCUT2D eigenvalue weighted by molar-refractivity contribution is 6.41. The van der Waals surface area contributed by atoms with Gasteiger partial charge in [0.25, 0.3) is 0 Å². The van der Waals surface area contributed by atoms with Gasteiger partial charge >= 0.3 is 0 Å². The van der Waals surface area contributed by atoms with Crippen molar-refractivity contribution in [2.45, 2.75) is 213 Å². The molecule has 1 aromatic carbocycles. The Labute approximate surface area is 372 Å². The summed E-state index contributed by atoms with van der Waals surface area (Å²) in [5.74, 6) is 0.848. The molecule has 0 saturated carbocycles. The van der Waals surface area contributed by atoms with Crippen molar-refractivity contribution in [3.05, 3.63) is 58.5 Å². The fourth-order valence-corrected chi connectivity index (χ4v) is 8.30. The van der Waals surface area contributed by atoms with Crippen LogP contribution in [0.25, 0.3) is 5.57 Å². The third-order valence-corrected chi connectivity index (χ3v) is 12.2. The highest BCUT2D eigenvalue weighted by Crippen LogP contribution is 2.46. The van der Waals surface area contributed by atoms with Crippen molar-refractivity contribution in [2.75, 3.05) is 33.9 Å². The molecule has 0 fully saturated rings. The number of nitrogens with zero attached hydrogens (tertiary/aromatic N) is 1. The molecule has 0 heterocycles. The van der Waals surface area contributed by atoms with Gasteiger partial charge in [0.15, 0.2) is 17.3 Å². The Balaban J connectivity index is 1.76. The molecule has 7 nitrogen and oxygen atoms in total. The molecule has 61 heavy (non-hydrogen) atoms. The summed E-state index contributed by atoms with van der Waals surface area (Å²) in [5, 5.41) is 11.4. The fraction of sp³-hybridized carbons (Fsp3) is 0.704. The third kappa shape index (κ3) is 19.6. The topological polar surface area (TPSA) is 85.3 Å². The summed E-state index contributed by atoms with van der Waals surface area (Å²) in [6.07, 6.45) is 42.2. The maximum Gasteiger partial charge on any atom is 0.203 e. The molecule has 2 aliphatic carbocycles. The van der Waals surface area contributed by atoms with Crippen LogP contribution in [0.5, 0.6) is 17.2 Å². The molecule has 1 N–H and O–H groups in total. The highest BCUT2D eigenvalue weighted by atomic mass is 16.5. The number of likely N-dealkylation sites (N-methyl/N-ethyl adjacent to an activating group) is 1. The first-order valence-electron chi connectivity index (χ1n) is 25.2. The maximum atomic E-state index is 13.8. The SMILES string of the molecule is CCCCCCCCCCCCOc1cc(C2=C(O)/C(=C3\C=CC(N(C)C)=CC3=O)C2=O)cc(OCCCCCCCCCCCC)c1OCCCCCCCCCCCC. The minimum absolute atomic E-state index is 0.0623. The number of aliphatic hydroxyl groups is 1. The van der Waals surface area contributed by atoms with E-state index in [1.807, 2.05) is 31.1 Å². The van der Waals surface area contributed by atoms with Crippen molar-refractivity contribution in [1.82, 2.24) is 4.90 Å². The van der Waals surface area contributed by atoms with Gasteiger partial charge < -0.3 is 24.2 Å². The molecule has 0 amide bonds. The summed E-state index contributed by atoms with van der Waals surface area (Å²) in [6.45, 7) is 8.40. The van der Waals surface area contributed by atoms with Gasteiger partial charge in [-0.15, -0.1) is 0 Å². The Bertz CT molecular complexity index is 1490. The van der Waals surface area contributed by atoms with E-state index >= 15 is 0 Å². The maximum absolute atomic E-state index is 13.8. The Morgan fingerprint density at radius 3 is 1.18 bits per heavy atom. The minimum atomic E-state index is -0.354. The number of unbranched alkanes of at least 4 members (excludes halogenated alkanes) is 27. The van der Waals surface area contributed by atoms with Gasteiger partial charge in [0.1, 0.15) is 5.76 Å². The predicted octanol–water partition coefficient (Wildman–Crippen LogP) is 15.3. The lowest BCUT2D eigenvalue weighted by Gasteiger charge is -2.26. The first kappa shape index (κ1) is 51.9. The zero-order chi connectivity index (χ0) is 43.9. The van der Waals surface area contributed by atoms with Gasteiger partial charge in [-0.1, -0.05) is 194 Å². The second-order valence-corrected chi connectivity index (χ2v) is 17.9. The third-order valence-electron chi connectivity index (χ3n) is 12.2. The molecule has 0 bridgehead atoms. The number of rotatable bonds is 38. The average molecular weight is 846 g/mol. The first-order chi connectivity index (χ1) is 29.8. The van der Waals surface area contributed by atoms with E-state index in [4.69, 9.17) is 14.2 Å². The lowest BCUT2D eigenvalue weighted by Crippen LogP contribution is -2.26. The van der Waals surface area contributed by atoms with Crippen LogP contribution >= 0.6 is 0 Å². The number of benzene rings is 1. The summed E-state index contributed by atoms with van der Waals surface area (Å²) in [5.41, 5.74) is 1.72. The highest BCUT2D eigenvalue weighted by Gasteiger charge is 2.39. The van der Waals surface area contributed by atoms with Gasteiger partial charge in [0.2, 0.25) is 11.5 Å². The Kier molecular flexibility index (Phi) is 27.4. The number of hydrogen-bond donors (Lipinski definition) is 1. The number of aliphatic hydroxyl groups excluding tert-OH is 1. The van der Waals surface area contributed by atoms with E-state index in [0.717, 1.165) is 44.2 Å². The molecule has 0 aliphatic heterocycles. The van der Waals surface area contributed by atoms with Crippen LogP contribution < -0.4 is 14.2 Å². The summed E-state index contributed by atoms with van der Waals surface area (Å²) in [6, 6.07) is 3.65. The molecule has 0 saturated heterocycles. The van der Waals surface area contributed by atoms with Crippen LogP contribution in [0.2, 0.25) is 0 Å². The van der Waals surface area contributed by atoms with Crippen molar-refractivity contribution in [2.24, 2.45) is 0 Å². The monoisotopic (exact) mass is 846 g/mol. The van der Waals surface area contributed by atoms with Crippen LogP contribution in [0, 0.1) is 0 Å². The van der Waals surface area contributed by atoms with E-state index < -0.39 is 0 Å². The molecule has 0 aromatic heterocycles. The van der Waals surface area contributed by atoms with Crippen molar-refractivity contribution < 1.29 is 28.9 Å². The van der Waals surface area contributed by atoms with E-state index in [1.54, 1.807) is 12.2 Å². The molecule has 344 valence electrons. The number of Topliss-reactive ketones (excluding diaryl/α,β-unsaturated/α-hetero) is 1. The zero-order valence-corrected chi connectivity index (χ0v) is 39.7. The van der Waals surface area contributed by atoms with Crippen molar-refractivity contribution >= 4 is 17.1 Å². The second-order valence-electron chi connectivity index (χ2n) is 17.9. The van der Waals surface area contributed by atoms with Gasteiger partial charge in [0, 0.05) is 31.4 Å². The smallest absolute Gasteiger partial charge is 0.203 e. The Morgan fingerprint density at radius 2 is 0.836 bits per heavy atom. The molecule has 0 radical (unpaired) electrons. The number of allylic oxidation sites excluding steroid dienone is 6. The Morgan fingerprint density at radius 1 is 0.475 bits per heavy atom. The van der Waals surface area contributed by atoms with Crippen LogP contribution in [0.1, 0.15) is 219 Å². The molecule has 1 aromatic rings. The van der Waals surface area contributed by atoms with E-state index in [2.05, 4.69) is 20.8 Å². The largest absolute Gasteiger partial charge is 0.506 e. The lowest BCUT2D eigenvalue weighted by molar-refractivity contribution is -0.114. The zero-order valence-electron chi connectivity index (χ0n) is 39.7. The summed E-state index contributed by atoms with van der Waals surface area (Å²) in [4.78, 5) is 28.8. The van der Waals surface area contributed by atoms with E-state index in [9.17, 15) is 14.7 Å². The van der Waals surface area contributed by atoms with E-state index in [-0.39, 0.29) is 34.0 Å². The molecule has 7 heteroatoms. The number of carbonyl (C=O) groups excluding carboxylic acids is 2. The first-order valence-corrected chi connectivity index (χ1v) is 25.2. The molecule has 3 rings (SSSR count).